The summed E-state index contributed by atoms with van der Waals surface area (Å²) in [6.45, 7) is 3.45. The van der Waals surface area contributed by atoms with Crippen LogP contribution in [0.25, 0.3) is 22.4 Å². The van der Waals surface area contributed by atoms with Crippen molar-refractivity contribution in [1.29, 1.82) is 0 Å². The molecular formula is C20H21N5O2S. The zero-order valence-electron chi connectivity index (χ0n) is 15.6. The summed E-state index contributed by atoms with van der Waals surface area (Å²) in [5.74, 6) is 2.03. The maximum Gasteiger partial charge on any atom is 0.227 e. The molecule has 4 rings (SSSR count). The number of nitrogens with one attached hydrogen (secondary N) is 1. The van der Waals surface area contributed by atoms with Gasteiger partial charge in [-0.25, -0.2) is 4.98 Å². The van der Waals surface area contributed by atoms with Gasteiger partial charge in [-0.05, 0) is 36.9 Å². The summed E-state index contributed by atoms with van der Waals surface area (Å²) in [5, 5.41) is 10.8. The monoisotopic (exact) mass is 395 g/mol. The van der Waals surface area contributed by atoms with Gasteiger partial charge < -0.3 is 14.4 Å². The molecule has 144 valence electrons. The minimum Gasteiger partial charge on any atom is -0.356 e. The Labute approximate surface area is 166 Å². The van der Waals surface area contributed by atoms with Gasteiger partial charge in [0.1, 0.15) is 5.82 Å². The highest BCUT2D eigenvalue weighted by Crippen LogP contribution is 2.19. The highest BCUT2D eigenvalue weighted by molar-refractivity contribution is 7.08. The third kappa shape index (κ3) is 4.12. The fourth-order valence-corrected chi connectivity index (χ4v) is 3.75. The molecule has 0 radical (unpaired) electrons. The molecule has 0 atom stereocenters. The summed E-state index contributed by atoms with van der Waals surface area (Å²) in [4.78, 5) is 21.0. The standard InChI is InChI=1S/C20H21N5O2S/c1-14-22-16-5-2-3-6-17(16)25(14)11-4-10-21-18(26)7-8-19-23-20(24-27-19)15-9-12-28-13-15/h2-3,5-6,9,12-13H,4,7-8,10-11H2,1H3,(H,21,26). The van der Waals surface area contributed by atoms with Crippen LogP contribution in [-0.2, 0) is 17.8 Å². The van der Waals surface area contributed by atoms with Crippen LogP contribution in [0.2, 0.25) is 0 Å². The molecule has 8 heteroatoms. The molecule has 0 saturated heterocycles. The molecule has 0 fully saturated rings. The van der Waals surface area contributed by atoms with Crippen molar-refractivity contribution in [2.24, 2.45) is 0 Å². The maximum atomic E-state index is 12.1. The Balaban J connectivity index is 1.21. The largest absolute Gasteiger partial charge is 0.356 e. The third-order valence-corrected chi connectivity index (χ3v) is 5.22. The Morgan fingerprint density at radius 3 is 3.00 bits per heavy atom. The molecular weight excluding hydrogens is 374 g/mol. The molecule has 3 aromatic heterocycles. The van der Waals surface area contributed by atoms with Gasteiger partial charge in [0.25, 0.3) is 0 Å². The summed E-state index contributed by atoms with van der Waals surface area (Å²) < 4.78 is 7.41. The zero-order valence-corrected chi connectivity index (χ0v) is 16.4. The lowest BCUT2D eigenvalue weighted by Crippen LogP contribution is -2.25. The van der Waals surface area contributed by atoms with Crippen LogP contribution in [0.1, 0.15) is 24.6 Å². The van der Waals surface area contributed by atoms with Gasteiger partial charge in [-0.2, -0.15) is 16.3 Å². The van der Waals surface area contributed by atoms with Gasteiger partial charge in [-0.15, -0.1) is 0 Å². The number of carbonyl (C=O) groups excluding carboxylic acids is 1. The van der Waals surface area contributed by atoms with E-state index in [-0.39, 0.29) is 5.91 Å². The quantitative estimate of drug-likeness (QED) is 0.461. The number of para-hydroxylation sites is 2. The van der Waals surface area contributed by atoms with E-state index in [1.54, 1.807) is 11.3 Å². The van der Waals surface area contributed by atoms with Crippen molar-refractivity contribution in [1.82, 2.24) is 25.0 Å². The predicted molar refractivity (Wildman–Crippen MR) is 108 cm³/mol. The molecule has 1 amide bonds. The molecule has 0 aliphatic rings. The first-order valence-corrected chi connectivity index (χ1v) is 10.2. The van der Waals surface area contributed by atoms with E-state index in [4.69, 9.17) is 4.52 Å². The maximum absolute atomic E-state index is 12.1. The number of fused-ring (bicyclic) bond motifs is 1. The van der Waals surface area contributed by atoms with Crippen LogP contribution in [0.4, 0.5) is 0 Å². The lowest BCUT2D eigenvalue weighted by molar-refractivity contribution is -0.121. The number of amides is 1. The molecule has 0 unspecified atom stereocenters. The van der Waals surface area contributed by atoms with Gasteiger partial charge in [0.2, 0.25) is 17.6 Å². The van der Waals surface area contributed by atoms with Gasteiger partial charge in [0, 0.05) is 36.9 Å². The molecule has 28 heavy (non-hydrogen) atoms. The van der Waals surface area contributed by atoms with Crippen molar-refractivity contribution in [3.05, 3.63) is 52.8 Å². The van der Waals surface area contributed by atoms with Crippen molar-refractivity contribution in [3.8, 4) is 11.4 Å². The minimum absolute atomic E-state index is 0.0116. The first-order valence-electron chi connectivity index (χ1n) is 9.24. The Morgan fingerprint density at radius 2 is 2.14 bits per heavy atom. The van der Waals surface area contributed by atoms with E-state index in [1.807, 2.05) is 41.9 Å². The SMILES string of the molecule is Cc1nc2ccccc2n1CCCNC(=O)CCc1nc(-c2ccsc2)no1. The highest BCUT2D eigenvalue weighted by Gasteiger charge is 2.11. The van der Waals surface area contributed by atoms with Crippen LogP contribution >= 0.6 is 11.3 Å². The second-order valence-electron chi connectivity index (χ2n) is 6.53. The number of rotatable bonds is 8. The van der Waals surface area contributed by atoms with Crippen molar-refractivity contribution in [3.63, 3.8) is 0 Å². The lowest BCUT2D eigenvalue weighted by Gasteiger charge is -2.08. The molecule has 0 bridgehead atoms. The Kier molecular flexibility index (Phi) is 5.48. The normalized spacial score (nSPS) is 11.2. The molecule has 7 nitrogen and oxygen atoms in total. The summed E-state index contributed by atoms with van der Waals surface area (Å²) in [7, 11) is 0. The molecule has 1 N–H and O–H groups in total. The van der Waals surface area contributed by atoms with E-state index < -0.39 is 0 Å². The molecule has 4 aromatic rings. The molecule has 3 heterocycles. The topological polar surface area (TPSA) is 85.8 Å². The van der Waals surface area contributed by atoms with Gasteiger partial charge >= 0.3 is 0 Å². The predicted octanol–water partition coefficient (Wildman–Crippen LogP) is 3.60. The van der Waals surface area contributed by atoms with Gasteiger partial charge in [0.05, 0.1) is 11.0 Å². The van der Waals surface area contributed by atoms with Crippen LogP contribution in [0.15, 0.2) is 45.6 Å². The van der Waals surface area contributed by atoms with Crippen molar-refractivity contribution < 1.29 is 9.32 Å². The van der Waals surface area contributed by atoms with Crippen molar-refractivity contribution in [2.45, 2.75) is 32.7 Å². The molecule has 0 aliphatic carbocycles. The second kappa shape index (κ2) is 8.35. The van der Waals surface area contributed by atoms with Crippen LogP contribution in [-0.4, -0.2) is 32.1 Å². The lowest BCUT2D eigenvalue weighted by atomic mass is 10.3. The number of nitrogens with zero attached hydrogens (tertiary/aromatic N) is 4. The van der Waals surface area contributed by atoms with E-state index >= 15 is 0 Å². The minimum atomic E-state index is -0.0116. The number of aromatic nitrogens is 4. The molecule has 0 saturated carbocycles. The Bertz CT molecular complexity index is 1070. The first kappa shape index (κ1) is 18.4. The van der Waals surface area contributed by atoms with Crippen LogP contribution in [0.3, 0.4) is 0 Å². The number of aryl methyl sites for hydroxylation is 3. The average Bonchev–Trinajstić information content (AvgIpc) is 3.43. The number of carbonyl (C=O) groups is 1. The van der Waals surface area contributed by atoms with E-state index in [0.717, 1.165) is 35.4 Å². The van der Waals surface area contributed by atoms with Crippen molar-refractivity contribution >= 4 is 28.3 Å². The van der Waals surface area contributed by atoms with Crippen LogP contribution in [0, 0.1) is 6.92 Å². The number of imidazole rings is 1. The fraction of sp³-hybridized carbons (Fsp3) is 0.300. The van der Waals surface area contributed by atoms with Gasteiger partial charge in [-0.1, -0.05) is 17.3 Å². The summed E-state index contributed by atoms with van der Waals surface area (Å²) in [5.41, 5.74) is 3.07. The zero-order chi connectivity index (χ0) is 19.3. The molecule has 0 aliphatic heterocycles. The van der Waals surface area contributed by atoms with E-state index in [1.165, 1.54) is 0 Å². The Hall–Kier alpha value is -3.00. The number of hydrogen-bond acceptors (Lipinski definition) is 6. The highest BCUT2D eigenvalue weighted by atomic mass is 32.1. The van der Waals surface area contributed by atoms with Gasteiger partial charge in [0.15, 0.2) is 0 Å². The fourth-order valence-electron chi connectivity index (χ4n) is 3.12. The van der Waals surface area contributed by atoms with Crippen LogP contribution in [0.5, 0.6) is 0 Å². The van der Waals surface area contributed by atoms with E-state index in [2.05, 4.69) is 31.1 Å². The number of hydrogen-bond donors (Lipinski definition) is 1. The Morgan fingerprint density at radius 1 is 1.25 bits per heavy atom. The smallest absolute Gasteiger partial charge is 0.227 e. The van der Waals surface area contributed by atoms with Crippen molar-refractivity contribution in [2.75, 3.05) is 6.54 Å². The third-order valence-electron chi connectivity index (χ3n) is 4.54. The molecule has 0 spiro atoms. The molecule has 1 aromatic carbocycles. The van der Waals surface area contributed by atoms with Crippen LogP contribution < -0.4 is 5.32 Å². The first-order chi connectivity index (χ1) is 13.7. The van der Waals surface area contributed by atoms with E-state index in [0.29, 0.717) is 31.1 Å². The number of thiophene rings is 1. The van der Waals surface area contributed by atoms with Gasteiger partial charge in [-0.3, -0.25) is 4.79 Å². The summed E-state index contributed by atoms with van der Waals surface area (Å²) in [6.07, 6.45) is 1.61. The number of benzene rings is 1. The summed E-state index contributed by atoms with van der Waals surface area (Å²) >= 11 is 1.58. The van der Waals surface area contributed by atoms with E-state index in [9.17, 15) is 4.79 Å². The second-order valence-corrected chi connectivity index (χ2v) is 7.31. The summed E-state index contributed by atoms with van der Waals surface area (Å²) in [6, 6.07) is 10.0. The average molecular weight is 395 g/mol.